The first kappa shape index (κ1) is 12.6. The number of anilines is 1. The lowest BCUT2D eigenvalue weighted by molar-refractivity contribution is -0.384. The summed E-state index contributed by atoms with van der Waals surface area (Å²) in [6.45, 7) is 1.58. The van der Waals surface area contributed by atoms with E-state index in [9.17, 15) is 23.3 Å². The van der Waals surface area contributed by atoms with E-state index < -0.39 is 22.3 Å². The number of nitro groups is 1. The van der Waals surface area contributed by atoms with Gasteiger partial charge in [-0.3, -0.25) is 10.1 Å². The molecule has 0 aromatic carbocycles. The van der Waals surface area contributed by atoms with Crippen LogP contribution in [0, 0.1) is 17.0 Å². The van der Waals surface area contributed by atoms with Gasteiger partial charge in [-0.15, -0.1) is 0 Å². The Balaban J connectivity index is 2.33. The van der Waals surface area contributed by atoms with Crippen LogP contribution in [-0.4, -0.2) is 21.6 Å². The molecule has 0 saturated heterocycles. The van der Waals surface area contributed by atoms with E-state index >= 15 is 0 Å². The molecule has 0 spiro atoms. The van der Waals surface area contributed by atoms with Crippen LogP contribution in [0.15, 0.2) is 12.3 Å². The molecule has 0 amide bonds. The molecular weight excluding hydrogens is 251 g/mol. The minimum Gasteiger partial charge on any atom is -0.350 e. The van der Waals surface area contributed by atoms with Crippen LogP contribution in [0.1, 0.15) is 18.4 Å². The number of nitrogens with zero attached hydrogens (tertiary/aromatic N) is 2. The number of halogens is 3. The Labute approximate surface area is 100 Å². The summed E-state index contributed by atoms with van der Waals surface area (Å²) in [7, 11) is 0. The molecule has 0 atom stereocenters. The topological polar surface area (TPSA) is 68.1 Å². The molecule has 2 rings (SSSR count). The van der Waals surface area contributed by atoms with E-state index in [0.29, 0.717) is 5.56 Å². The van der Waals surface area contributed by atoms with Crippen molar-refractivity contribution in [2.45, 2.75) is 31.5 Å². The Morgan fingerprint density at radius 2 is 2.11 bits per heavy atom. The number of hydrogen-bond acceptors (Lipinski definition) is 4. The van der Waals surface area contributed by atoms with Gasteiger partial charge in [0.15, 0.2) is 0 Å². The molecule has 1 aromatic rings. The third-order valence-electron chi connectivity index (χ3n) is 2.85. The quantitative estimate of drug-likeness (QED) is 0.671. The third-order valence-corrected chi connectivity index (χ3v) is 2.85. The lowest BCUT2D eigenvalue weighted by Gasteiger charge is -2.21. The molecule has 1 heterocycles. The van der Waals surface area contributed by atoms with E-state index in [0.717, 1.165) is 0 Å². The summed E-state index contributed by atoms with van der Waals surface area (Å²) >= 11 is 0. The number of pyridine rings is 1. The highest BCUT2D eigenvalue weighted by atomic mass is 19.4. The molecule has 8 heteroatoms. The molecule has 1 aliphatic rings. The van der Waals surface area contributed by atoms with Gasteiger partial charge in [0.05, 0.1) is 4.92 Å². The number of hydrogen-bond donors (Lipinski definition) is 1. The Bertz CT molecular complexity index is 498. The van der Waals surface area contributed by atoms with Crippen molar-refractivity contribution in [1.82, 2.24) is 4.98 Å². The van der Waals surface area contributed by atoms with Gasteiger partial charge in [-0.25, -0.2) is 4.98 Å². The molecule has 5 nitrogen and oxygen atoms in total. The van der Waals surface area contributed by atoms with Crippen LogP contribution >= 0.6 is 0 Å². The Morgan fingerprint density at radius 3 is 2.56 bits per heavy atom. The van der Waals surface area contributed by atoms with E-state index in [1.807, 2.05) is 0 Å². The molecule has 98 valence electrons. The number of alkyl halides is 3. The van der Waals surface area contributed by atoms with Gasteiger partial charge in [0, 0.05) is 12.3 Å². The average molecular weight is 261 g/mol. The minimum absolute atomic E-state index is 0.0940. The van der Waals surface area contributed by atoms with Crippen molar-refractivity contribution >= 4 is 11.5 Å². The van der Waals surface area contributed by atoms with E-state index in [-0.39, 0.29) is 18.7 Å². The minimum atomic E-state index is -4.44. The largest absolute Gasteiger partial charge is 0.411 e. The molecule has 1 aliphatic carbocycles. The van der Waals surface area contributed by atoms with Gasteiger partial charge in [-0.2, -0.15) is 13.2 Å². The summed E-state index contributed by atoms with van der Waals surface area (Å²) in [4.78, 5) is 13.7. The maximum atomic E-state index is 12.7. The Morgan fingerprint density at radius 1 is 1.50 bits per heavy atom. The molecule has 0 aliphatic heterocycles. The van der Waals surface area contributed by atoms with Gasteiger partial charge in [-0.05, 0) is 25.3 Å². The maximum Gasteiger partial charge on any atom is 0.411 e. The van der Waals surface area contributed by atoms with Crippen molar-refractivity contribution in [2.24, 2.45) is 0 Å². The van der Waals surface area contributed by atoms with Crippen LogP contribution in [0.5, 0.6) is 0 Å². The van der Waals surface area contributed by atoms with Crippen LogP contribution in [-0.2, 0) is 0 Å². The zero-order valence-electron chi connectivity index (χ0n) is 9.41. The fourth-order valence-corrected chi connectivity index (χ4v) is 1.62. The van der Waals surface area contributed by atoms with Gasteiger partial charge in [0.1, 0.15) is 5.54 Å². The fraction of sp³-hybridized carbons (Fsp3) is 0.500. The summed E-state index contributed by atoms with van der Waals surface area (Å²) < 4.78 is 38.2. The smallest absolute Gasteiger partial charge is 0.350 e. The van der Waals surface area contributed by atoms with E-state index in [4.69, 9.17) is 0 Å². The number of aryl methyl sites for hydroxylation is 1. The Hall–Kier alpha value is -1.86. The third kappa shape index (κ3) is 2.09. The zero-order valence-corrected chi connectivity index (χ0v) is 9.41. The van der Waals surface area contributed by atoms with E-state index in [2.05, 4.69) is 10.3 Å². The van der Waals surface area contributed by atoms with Crippen molar-refractivity contribution < 1.29 is 18.1 Å². The molecule has 1 aromatic heterocycles. The van der Waals surface area contributed by atoms with Crippen LogP contribution in [0.3, 0.4) is 0 Å². The SMILES string of the molecule is Cc1cnc(NC2(C(F)(F)F)CC2)c([N+](=O)[O-])c1. The second-order valence-electron chi connectivity index (χ2n) is 4.34. The summed E-state index contributed by atoms with van der Waals surface area (Å²) in [5.74, 6) is -0.333. The Kier molecular flexibility index (Phi) is 2.67. The second kappa shape index (κ2) is 3.82. The van der Waals surface area contributed by atoms with Crippen molar-refractivity contribution in [1.29, 1.82) is 0 Å². The van der Waals surface area contributed by atoms with Crippen LogP contribution < -0.4 is 5.32 Å². The highest BCUT2D eigenvalue weighted by molar-refractivity contribution is 5.59. The monoisotopic (exact) mass is 261 g/mol. The van der Waals surface area contributed by atoms with Crippen molar-refractivity contribution in [3.8, 4) is 0 Å². The molecule has 1 saturated carbocycles. The molecule has 1 fully saturated rings. The zero-order chi connectivity index (χ0) is 13.6. The highest BCUT2D eigenvalue weighted by Gasteiger charge is 2.64. The first-order valence-corrected chi connectivity index (χ1v) is 5.21. The molecule has 1 N–H and O–H groups in total. The number of aromatic nitrogens is 1. The van der Waals surface area contributed by atoms with Crippen molar-refractivity contribution in [3.05, 3.63) is 27.9 Å². The van der Waals surface area contributed by atoms with Crippen molar-refractivity contribution in [2.75, 3.05) is 5.32 Å². The second-order valence-corrected chi connectivity index (χ2v) is 4.34. The van der Waals surface area contributed by atoms with Gasteiger partial charge >= 0.3 is 11.9 Å². The lowest BCUT2D eigenvalue weighted by atomic mass is 10.2. The summed E-state index contributed by atoms with van der Waals surface area (Å²) in [6.07, 6.45) is -3.33. The van der Waals surface area contributed by atoms with Gasteiger partial charge in [0.25, 0.3) is 0 Å². The molecule has 0 radical (unpaired) electrons. The maximum absolute atomic E-state index is 12.7. The number of nitrogens with one attached hydrogen (secondary N) is 1. The van der Waals surface area contributed by atoms with E-state index in [1.165, 1.54) is 12.3 Å². The summed E-state index contributed by atoms with van der Waals surface area (Å²) in [5.41, 5.74) is -1.98. The molecule has 0 bridgehead atoms. The number of rotatable bonds is 3. The molecular formula is C10H10F3N3O2. The average Bonchev–Trinajstić information content (AvgIpc) is 3.00. The van der Waals surface area contributed by atoms with Gasteiger partial charge in [-0.1, -0.05) is 0 Å². The first-order chi connectivity index (χ1) is 8.25. The normalized spacial score (nSPS) is 17.3. The standard InChI is InChI=1S/C10H10F3N3O2/c1-6-4-7(16(17)18)8(14-5-6)15-9(2-3-9)10(11,12)13/h4-5H,2-3H2,1H3,(H,14,15). The highest BCUT2D eigenvalue weighted by Crippen LogP contribution is 2.51. The first-order valence-electron chi connectivity index (χ1n) is 5.21. The van der Waals surface area contributed by atoms with E-state index in [1.54, 1.807) is 6.92 Å². The predicted octanol–water partition coefficient (Wildman–Crippen LogP) is 2.81. The predicted molar refractivity (Wildman–Crippen MR) is 57.3 cm³/mol. The molecule has 18 heavy (non-hydrogen) atoms. The summed E-state index contributed by atoms with van der Waals surface area (Å²) in [6, 6.07) is 1.20. The van der Waals surface area contributed by atoms with Gasteiger partial charge < -0.3 is 5.32 Å². The molecule has 0 unspecified atom stereocenters. The lowest BCUT2D eigenvalue weighted by Crippen LogP contribution is -2.39. The van der Waals surface area contributed by atoms with Crippen LogP contribution in [0.4, 0.5) is 24.7 Å². The summed E-state index contributed by atoms with van der Waals surface area (Å²) in [5, 5.41) is 12.9. The van der Waals surface area contributed by atoms with Gasteiger partial charge in [0.2, 0.25) is 5.82 Å². The van der Waals surface area contributed by atoms with Crippen molar-refractivity contribution in [3.63, 3.8) is 0 Å². The van der Waals surface area contributed by atoms with Crippen LogP contribution in [0.2, 0.25) is 0 Å². The van der Waals surface area contributed by atoms with Crippen LogP contribution in [0.25, 0.3) is 0 Å². The fourth-order valence-electron chi connectivity index (χ4n) is 1.62.